The Labute approximate surface area is 133 Å². The predicted molar refractivity (Wildman–Crippen MR) is 91.8 cm³/mol. The summed E-state index contributed by atoms with van der Waals surface area (Å²) in [5.41, 5.74) is 8.19. The molecule has 1 saturated heterocycles. The van der Waals surface area contributed by atoms with Crippen molar-refractivity contribution in [3.8, 4) is 10.6 Å². The Morgan fingerprint density at radius 3 is 2.76 bits per heavy atom. The zero-order valence-electron chi connectivity index (χ0n) is 11.7. The van der Waals surface area contributed by atoms with Gasteiger partial charge in [-0.15, -0.1) is 11.3 Å². The number of benzene rings is 1. The summed E-state index contributed by atoms with van der Waals surface area (Å²) in [5.74, 6) is 2.90. The highest BCUT2D eigenvalue weighted by Crippen LogP contribution is 2.23. The first kappa shape index (κ1) is 14.4. The maximum absolute atomic E-state index is 6.06. The number of hydrogen-bond donors (Lipinski definition) is 1. The maximum atomic E-state index is 6.06. The van der Waals surface area contributed by atoms with Crippen molar-refractivity contribution < 1.29 is 0 Å². The van der Waals surface area contributed by atoms with Gasteiger partial charge in [-0.1, -0.05) is 30.3 Å². The van der Waals surface area contributed by atoms with E-state index in [1.807, 2.05) is 30.0 Å². The summed E-state index contributed by atoms with van der Waals surface area (Å²) in [7, 11) is 0. The molecule has 0 bridgehead atoms. The molecule has 2 N–H and O–H groups in total. The molecule has 1 aromatic carbocycles. The van der Waals surface area contributed by atoms with E-state index in [2.05, 4.69) is 32.4 Å². The molecule has 0 radical (unpaired) electrons. The van der Waals surface area contributed by atoms with Gasteiger partial charge in [0.2, 0.25) is 0 Å². The van der Waals surface area contributed by atoms with Crippen molar-refractivity contribution >= 4 is 29.1 Å². The lowest BCUT2D eigenvalue weighted by molar-refractivity contribution is 0.455. The van der Waals surface area contributed by atoms with Gasteiger partial charge in [0.1, 0.15) is 5.01 Å². The summed E-state index contributed by atoms with van der Waals surface area (Å²) in [6, 6.07) is 10.2. The molecule has 21 heavy (non-hydrogen) atoms. The van der Waals surface area contributed by atoms with Crippen LogP contribution in [0.3, 0.4) is 0 Å². The zero-order valence-corrected chi connectivity index (χ0v) is 13.4. The van der Waals surface area contributed by atoms with Crippen LogP contribution >= 0.6 is 23.1 Å². The van der Waals surface area contributed by atoms with E-state index in [9.17, 15) is 0 Å². The van der Waals surface area contributed by atoms with Gasteiger partial charge in [-0.2, -0.15) is 11.8 Å². The van der Waals surface area contributed by atoms with Crippen LogP contribution in [0.2, 0.25) is 0 Å². The maximum Gasteiger partial charge on any atom is 0.191 e. The fraction of sp³-hybridized carbons (Fsp3) is 0.333. The van der Waals surface area contributed by atoms with E-state index in [-0.39, 0.29) is 0 Å². The Morgan fingerprint density at radius 1 is 1.24 bits per heavy atom. The van der Waals surface area contributed by atoms with E-state index in [0.717, 1.165) is 40.9 Å². The van der Waals surface area contributed by atoms with Crippen LogP contribution in [-0.2, 0) is 6.54 Å². The number of thioether (sulfide) groups is 1. The number of hydrogen-bond acceptors (Lipinski definition) is 4. The van der Waals surface area contributed by atoms with Crippen LogP contribution in [-0.4, -0.2) is 40.4 Å². The molecule has 1 aliphatic rings. The third-order valence-corrected chi connectivity index (χ3v) is 5.19. The van der Waals surface area contributed by atoms with Crippen LogP contribution in [0.4, 0.5) is 0 Å². The van der Waals surface area contributed by atoms with E-state index in [1.165, 1.54) is 0 Å². The summed E-state index contributed by atoms with van der Waals surface area (Å²) in [5, 5.41) is 3.10. The van der Waals surface area contributed by atoms with E-state index in [0.29, 0.717) is 12.5 Å². The topological polar surface area (TPSA) is 54.5 Å². The Kier molecular flexibility index (Phi) is 4.77. The van der Waals surface area contributed by atoms with Gasteiger partial charge in [-0.25, -0.2) is 9.98 Å². The van der Waals surface area contributed by atoms with E-state index in [1.54, 1.807) is 11.3 Å². The molecule has 0 unspecified atom stereocenters. The zero-order chi connectivity index (χ0) is 14.5. The van der Waals surface area contributed by atoms with Crippen LogP contribution in [0.5, 0.6) is 0 Å². The first-order valence-electron chi connectivity index (χ1n) is 6.95. The number of nitrogens with two attached hydrogens (primary N) is 1. The van der Waals surface area contributed by atoms with Gasteiger partial charge >= 0.3 is 0 Å². The second-order valence-corrected chi connectivity index (χ2v) is 6.87. The molecule has 3 rings (SSSR count). The highest BCUT2D eigenvalue weighted by molar-refractivity contribution is 7.99. The number of thiazole rings is 1. The lowest BCUT2D eigenvalue weighted by Gasteiger charge is -2.27. The Morgan fingerprint density at radius 2 is 2.00 bits per heavy atom. The third-order valence-electron chi connectivity index (χ3n) is 3.31. The highest BCUT2D eigenvalue weighted by atomic mass is 32.2. The second-order valence-electron chi connectivity index (χ2n) is 4.78. The smallest absolute Gasteiger partial charge is 0.191 e. The van der Waals surface area contributed by atoms with Gasteiger partial charge < -0.3 is 10.6 Å². The molecule has 0 spiro atoms. The summed E-state index contributed by atoms with van der Waals surface area (Å²) in [4.78, 5) is 11.3. The van der Waals surface area contributed by atoms with Crippen LogP contribution in [0, 0.1) is 0 Å². The molecular weight excluding hydrogens is 300 g/mol. The summed E-state index contributed by atoms with van der Waals surface area (Å²) < 4.78 is 0. The van der Waals surface area contributed by atoms with Crippen molar-refractivity contribution in [2.24, 2.45) is 10.7 Å². The van der Waals surface area contributed by atoms with Gasteiger partial charge in [0.15, 0.2) is 5.96 Å². The molecule has 1 fully saturated rings. The Balaban J connectivity index is 1.64. The average molecular weight is 318 g/mol. The summed E-state index contributed by atoms with van der Waals surface area (Å²) in [6.07, 6.45) is 0. The van der Waals surface area contributed by atoms with Gasteiger partial charge in [0, 0.05) is 35.5 Å². The van der Waals surface area contributed by atoms with E-state index < -0.39 is 0 Å². The Bertz CT molecular complexity index is 603. The molecule has 2 aromatic rings. The molecule has 110 valence electrons. The van der Waals surface area contributed by atoms with Crippen molar-refractivity contribution in [3.63, 3.8) is 0 Å². The number of nitrogens with zero attached hydrogens (tertiary/aromatic N) is 3. The molecule has 6 heteroatoms. The minimum Gasteiger partial charge on any atom is -0.370 e. The lowest BCUT2D eigenvalue weighted by Crippen LogP contribution is -2.42. The SMILES string of the molecule is NC(=NCc1csc(-c2ccccc2)n1)N1CCSCC1. The van der Waals surface area contributed by atoms with Gasteiger partial charge in [0.25, 0.3) is 0 Å². The Hall–Kier alpha value is -1.53. The van der Waals surface area contributed by atoms with Crippen LogP contribution < -0.4 is 5.73 Å². The molecule has 1 aliphatic heterocycles. The lowest BCUT2D eigenvalue weighted by atomic mass is 10.2. The first-order valence-corrected chi connectivity index (χ1v) is 8.99. The molecule has 4 nitrogen and oxygen atoms in total. The van der Waals surface area contributed by atoms with Crippen molar-refractivity contribution in [3.05, 3.63) is 41.4 Å². The van der Waals surface area contributed by atoms with Crippen molar-refractivity contribution in [1.29, 1.82) is 0 Å². The van der Waals surface area contributed by atoms with E-state index in [4.69, 9.17) is 5.73 Å². The number of aliphatic imine (C=N–C) groups is 1. The fourth-order valence-electron chi connectivity index (χ4n) is 2.15. The quantitative estimate of drug-likeness (QED) is 0.698. The molecule has 2 heterocycles. The van der Waals surface area contributed by atoms with Crippen LogP contribution in [0.1, 0.15) is 5.69 Å². The summed E-state index contributed by atoms with van der Waals surface area (Å²) >= 11 is 3.62. The second kappa shape index (κ2) is 6.95. The minimum atomic E-state index is 0.554. The predicted octanol–water partition coefficient (Wildman–Crippen LogP) is 2.67. The number of rotatable bonds is 3. The van der Waals surface area contributed by atoms with Crippen molar-refractivity contribution in [2.45, 2.75) is 6.54 Å². The molecular formula is C15H18N4S2. The monoisotopic (exact) mass is 318 g/mol. The third kappa shape index (κ3) is 3.77. The highest BCUT2D eigenvalue weighted by Gasteiger charge is 2.12. The van der Waals surface area contributed by atoms with Gasteiger partial charge in [-0.05, 0) is 0 Å². The molecule has 0 saturated carbocycles. The normalized spacial score (nSPS) is 16.2. The minimum absolute atomic E-state index is 0.554. The molecule has 0 amide bonds. The van der Waals surface area contributed by atoms with Gasteiger partial charge in [-0.3, -0.25) is 0 Å². The van der Waals surface area contributed by atoms with E-state index >= 15 is 0 Å². The standard InChI is InChI=1S/C15H18N4S2/c16-15(19-6-8-20-9-7-19)17-10-13-11-21-14(18-13)12-4-2-1-3-5-12/h1-5,11H,6-10H2,(H2,16,17). The summed E-state index contributed by atoms with van der Waals surface area (Å²) in [6.45, 7) is 2.54. The first-order chi connectivity index (χ1) is 10.3. The number of guanidine groups is 1. The largest absolute Gasteiger partial charge is 0.370 e. The van der Waals surface area contributed by atoms with Crippen LogP contribution in [0.25, 0.3) is 10.6 Å². The van der Waals surface area contributed by atoms with Crippen molar-refractivity contribution in [1.82, 2.24) is 9.88 Å². The molecule has 0 aliphatic carbocycles. The molecule has 1 aromatic heterocycles. The number of aromatic nitrogens is 1. The van der Waals surface area contributed by atoms with Crippen LogP contribution in [0.15, 0.2) is 40.7 Å². The average Bonchev–Trinajstić information content (AvgIpc) is 3.03. The molecule has 0 atom stereocenters. The fourth-order valence-corrected chi connectivity index (χ4v) is 3.87. The van der Waals surface area contributed by atoms with Crippen molar-refractivity contribution in [2.75, 3.05) is 24.6 Å². The van der Waals surface area contributed by atoms with Gasteiger partial charge in [0.05, 0.1) is 12.2 Å².